The Bertz CT molecular complexity index is 764. The van der Waals surface area contributed by atoms with Gasteiger partial charge in [0.1, 0.15) is 11.6 Å². The fourth-order valence-electron chi connectivity index (χ4n) is 1.89. The number of esters is 1. The second kappa shape index (κ2) is 8.62. The lowest BCUT2D eigenvalue weighted by Crippen LogP contribution is -2.29. The van der Waals surface area contributed by atoms with Crippen LogP contribution in [0.5, 0.6) is 5.75 Å². The Morgan fingerprint density at radius 1 is 1.20 bits per heavy atom. The van der Waals surface area contributed by atoms with Gasteiger partial charge in [0.25, 0.3) is 5.91 Å². The van der Waals surface area contributed by atoms with E-state index in [1.807, 2.05) is 13.0 Å². The summed E-state index contributed by atoms with van der Waals surface area (Å²) in [6.07, 6.45) is -0.924. The van der Waals surface area contributed by atoms with Crippen LogP contribution in [-0.2, 0) is 14.3 Å². The smallest absolute Gasteiger partial charge is 0.347 e. The van der Waals surface area contributed by atoms with Crippen molar-refractivity contribution < 1.29 is 23.5 Å². The first-order valence-electron chi connectivity index (χ1n) is 7.50. The highest BCUT2D eigenvalue weighted by Gasteiger charge is 2.18. The number of halogens is 2. The van der Waals surface area contributed by atoms with E-state index >= 15 is 0 Å². The second-order valence-corrected chi connectivity index (χ2v) is 6.19. The van der Waals surface area contributed by atoms with Crippen LogP contribution in [0.2, 0.25) is 0 Å². The fourth-order valence-corrected chi connectivity index (χ4v) is 2.27. The molecule has 0 heterocycles. The third kappa shape index (κ3) is 5.86. The summed E-state index contributed by atoms with van der Waals surface area (Å²) in [7, 11) is 0. The van der Waals surface area contributed by atoms with Gasteiger partial charge in [-0.1, -0.05) is 22.0 Å². The summed E-state index contributed by atoms with van der Waals surface area (Å²) in [5, 5.41) is 2.63. The minimum absolute atomic E-state index is 0.333. The van der Waals surface area contributed by atoms with Crippen LogP contribution in [0.4, 0.5) is 10.1 Å². The maximum absolute atomic E-state index is 12.8. The van der Waals surface area contributed by atoms with Crippen molar-refractivity contribution >= 4 is 33.5 Å². The van der Waals surface area contributed by atoms with Gasteiger partial charge in [0.05, 0.1) is 0 Å². The summed E-state index contributed by atoms with van der Waals surface area (Å²) in [5.41, 5.74) is 1.63. The van der Waals surface area contributed by atoms with Gasteiger partial charge >= 0.3 is 5.97 Å². The van der Waals surface area contributed by atoms with Crippen molar-refractivity contribution in [3.8, 4) is 5.75 Å². The molecular formula is C18H17BrFNO4. The molecule has 1 amide bonds. The highest BCUT2D eigenvalue weighted by atomic mass is 79.9. The molecule has 1 N–H and O–H groups in total. The van der Waals surface area contributed by atoms with Crippen LogP contribution in [-0.4, -0.2) is 24.6 Å². The molecule has 0 radical (unpaired) electrons. The van der Waals surface area contributed by atoms with E-state index in [0.29, 0.717) is 11.4 Å². The van der Waals surface area contributed by atoms with Gasteiger partial charge in [0, 0.05) is 10.2 Å². The number of carbonyl (C=O) groups excluding carboxylic acids is 2. The minimum Gasteiger partial charge on any atom is -0.479 e. The van der Waals surface area contributed by atoms with E-state index in [1.165, 1.54) is 31.2 Å². The lowest BCUT2D eigenvalue weighted by atomic mass is 10.2. The van der Waals surface area contributed by atoms with Gasteiger partial charge in [0.2, 0.25) is 0 Å². The molecule has 5 nitrogen and oxygen atoms in total. The molecule has 0 aromatic heterocycles. The van der Waals surface area contributed by atoms with E-state index in [4.69, 9.17) is 9.47 Å². The van der Waals surface area contributed by atoms with Gasteiger partial charge in [-0.15, -0.1) is 0 Å². The van der Waals surface area contributed by atoms with Crippen LogP contribution in [0.25, 0.3) is 0 Å². The minimum atomic E-state index is -0.924. The number of carbonyl (C=O) groups is 2. The first-order valence-corrected chi connectivity index (χ1v) is 8.29. The Kier molecular flexibility index (Phi) is 6.52. The van der Waals surface area contributed by atoms with Crippen molar-refractivity contribution in [3.05, 3.63) is 58.3 Å². The number of aryl methyl sites for hydroxylation is 1. The third-order valence-corrected chi connectivity index (χ3v) is 4.11. The number of anilines is 1. The normalized spacial score (nSPS) is 11.5. The molecule has 0 unspecified atom stereocenters. The van der Waals surface area contributed by atoms with Crippen molar-refractivity contribution in [1.82, 2.24) is 0 Å². The maximum Gasteiger partial charge on any atom is 0.347 e. The predicted molar refractivity (Wildman–Crippen MR) is 95.0 cm³/mol. The summed E-state index contributed by atoms with van der Waals surface area (Å²) in [6.45, 7) is 2.99. The Hall–Kier alpha value is -2.41. The van der Waals surface area contributed by atoms with Gasteiger partial charge in [-0.3, -0.25) is 4.79 Å². The van der Waals surface area contributed by atoms with Gasteiger partial charge in [-0.25, -0.2) is 9.18 Å². The third-order valence-electron chi connectivity index (χ3n) is 3.26. The fraction of sp³-hybridized carbons (Fsp3) is 0.222. The Morgan fingerprint density at radius 2 is 1.88 bits per heavy atom. The topological polar surface area (TPSA) is 64.6 Å². The quantitative estimate of drug-likeness (QED) is 0.735. The molecule has 0 aliphatic carbocycles. The molecule has 2 aromatic rings. The van der Waals surface area contributed by atoms with Crippen LogP contribution < -0.4 is 10.1 Å². The zero-order valence-electron chi connectivity index (χ0n) is 13.7. The lowest BCUT2D eigenvalue weighted by molar-refractivity contribution is -0.153. The molecule has 0 aliphatic heterocycles. The molecule has 0 bridgehead atoms. The SMILES string of the molecule is Cc1ccc(NC(=O)COC(=O)[C@H](C)Oc2ccc(F)cc2)cc1Br. The maximum atomic E-state index is 12.8. The van der Waals surface area contributed by atoms with E-state index in [9.17, 15) is 14.0 Å². The summed E-state index contributed by atoms with van der Waals surface area (Å²) < 4.78 is 23.9. The molecular weight excluding hydrogens is 393 g/mol. The highest BCUT2D eigenvalue weighted by Crippen LogP contribution is 2.20. The molecule has 2 aromatic carbocycles. The number of benzene rings is 2. The number of hydrogen-bond acceptors (Lipinski definition) is 4. The molecule has 0 fully saturated rings. The van der Waals surface area contributed by atoms with Crippen molar-refractivity contribution in [2.24, 2.45) is 0 Å². The van der Waals surface area contributed by atoms with Crippen LogP contribution in [0.1, 0.15) is 12.5 Å². The average Bonchev–Trinajstić information content (AvgIpc) is 2.58. The molecule has 7 heteroatoms. The first kappa shape index (κ1) is 18.9. The molecule has 0 saturated carbocycles. The molecule has 132 valence electrons. The lowest BCUT2D eigenvalue weighted by Gasteiger charge is -2.14. The van der Waals surface area contributed by atoms with Crippen molar-refractivity contribution in [2.75, 3.05) is 11.9 Å². The number of ether oxygens (including phenoxy) is 2. The van der Waals surface area contributed by atoms with Crippen LogP contribution in [0.3, 0.4) is 0 Å². The molecule has 0 aliphatic rings. The molecule has 0 saturated heterocycles. The van der Waals surface area contributed by atoms with Crippen LogP contribution >= 0.6 is 15.9 Å². The van der Waals surface area contributed by atoms with E-state index in [2.05, 4.69) is 21.2 Å². The zero-order chi connectivity index (χ0) is 18.4. The standard InChI is InChI=1S/C18H17BrFNO4/c1-11-3-6-14(9-16(11)19)21-17(22)10-24-18(23)12(2)25-15-7-4-13(20)5-8-15/h3-9,12H,10H2,1-2H3,(H,21,22)/t12-/m0/s1. The summed E-state index contributed by atoms with van der Waals surface area (Å²) >= 11 is 3.38. The van der Waals surface area contributed by atoms with Gasteiger partial charge in [-0.05, 0) is 55.8 Å². The Balaban J connectivity index is 1.80. The van der Waals surface area contributed by atoms with Gasteiger partial charge in [0.15, 0.2) is 12.7 Å². The van der Waals surface area contributed by atoms with Crippen LogP contribution in [0, 0.1) is 12.7 Å². The summed E-state index contributed by atoms with van der Waals surface area (Å²) in [4.78, 5) is 23.7. The number of hydrogen-bond donors (Lipinski definition) is 1. The largest absolute Gasteiger partial charge is 0.479 e. The van der Waals surface area contributed by atoms with E-state index in [-0.39, 0.29) is 0 Å². The molecule has 2 rings (SSSR count). The van der Waals surface area contributed by atoms with Gasteiger partial charge in [-0.2, -0.15) is 0 Å². The van der Waals surface area contributed by atoms with Crippen molar-refractivity contribution in [3.63, 3.8) is 0 Å². The summed E-state index contributed by atoms with van der Waals surface area (Å²) in [6, 6.07) is 10.6. The second-order valence-electron chi connectivity index (χ2n) is 5.33. The van der Waals surface area contributed by atoms with Gasteiger partial charge < -0.3 is 14.8 Å². The van der Waals surface area contributed by atoms with Crippen LogP contribution in [0.15, 0.2) is 46.9 Å². The Labute approximate surface area is 153 Å². The summed E-state index contributed by atoms with van der Waals surface area (Å²) in [5.74, 6) is -1.22. The number of nitrogens with one attached hydrogen (secondary N) is 1. The first-order chi connectivity index (χ1) is 11.8. The van der Waals surface area contributed by atoms with Crippen molar-refractivity contribution in [1.29, 1.82) is 0 Å². The molecule has 0 spiro atoms. The number of amides is 1. The van der Waals surface area contributed by atoms with Crippen molar-refractivity contribution in [2.45, 2.75) is 20.0 Å². The predicted octanol–water partition coefficient (Wildman–Crippen LogP) is 3.85. The van der Waals surface area contributed by atoms with E-state index < -0.39 is 30.4 Å². The number of rotatable bonds is 6. The molecule has 1 atom stereocenters. The average molecular weight is 410 g/mol. The monoisotopic (exact) mass is 409 g/mol. The zero-order valence-corrected chi connectivity index (χ0v) is 15.3. The van der Waals surface area contributed by atoms with E-state index in [0.717, 1.165) is 10.0 Å². The highest BCUT2D eigenvalue weighted by molar-refractivity contribution is 9.10. The molecule has 25 heavy (non-hydrogen) atoms. The van der Waals surface area contributed by atoms with E-state index in [1.54, 1.807) is 12.1 Å². The Morgan fingerprint density at radius 3 is 2.52 bits per heavy atom.